The summed E-state index contributed by atoms with van der Waals surface area (Å²) in [5.74, 6) is 1.54. The minimum Gasteiger partial charge on any atom is -0.341 e. The fourth-order valence-corrected chi connectivity index (χ4v) is 3.35. The molecule has 1 aromatic rings. The van der Waals surface area contributed by atoms with Gasteiger partial charge in [-0.15, -0.1) is 0 Å². The lowest BCUT2D eigenvalue weighted by atomic mass is 10.00. The smallest absolute Gasteiger partial charge is 0.232 e. The Morgan fingerprint density at radius 1 is 1.30 bits per heavy atom. The number of nitrogens with zero attached hydrogens (tertiary/aromatic N) is 3. The van der Waals surface area contributed by atoms with Gasteiger partial charge in [0.15, 0.2) is 0 Å². The lowest BCUT2D eigenvalue weighted by Gasteiger charge is -2.30. The second-order valence-electron chi connectivity index (χ2n) is 5.36. The van der Waals surface area contributed by atoms with Crippen LogP contribution in [-0.2, 0) is 10.0 Å². The molecule has 1 saturated heterocycles. The molecule has 1 N–H and O–H groups in total. The van der Waals surface area contributed by atoms with Crippen LogP contribution in [0.1, 0.15) is 33.1 Å². The quantitative estimate of drug-likeness (QED) is 0.898. The van der Waals surface area contributed by atoms with E-state index >= 15 is 0 Å². The van der Waals surface area contributed by atoms with Crippen LogP contribution in [0, 0.1) is 5.92 Å². The third kappa shape index (κ3) is 4.06. The highest BCUT2D eigenvalue weighted by atomic mass is 32.2. The Balaban J connectivity index is 1.99. The van der Waals surface area contributed by atoms with E-state index in [0.717, 1.165) is 31.8 Å². The van der Waals surface area contributed by atoms with Gasteiger partial charge in [0.25, 0.3) is 0 Å². The molecule has 1 aliphatic rings. The number of aromatic nitrogens is 2. The van der Waals surface area contributed by atoms with Gasteiger partial charge in [-0.3, -0.25) is 4.72 Å². The number of hydrogen-bond donors (Lipinski definition) is 1. The second kappa shape index (κ2) is 6.39. The Labute approximate surface area is 120 Å². The first-order valence-corrected chi connectivity index (χ1v) is 8.73. The van der Waals surface area contributed by atoms with E-state index in [0.29, 0.717) is 18.1 Å². The molecule has 0 unspecified atom stereocenters. The summed E-state index contributed by atoms with van der Waals surface area (Å²) in [6.07, 6.45) is 5.95. The van der Waals surface area contributed by atoms with Crippen molar-refractivity contribution in [1.29, 1.82) is 0 Å². The molecule has 7 heteroatoms. The first-order valence-electron chi connectivity index (χ1n) is 7.07. The van der Waals surface area contributed by atoms with Crippen LogP contribution < -0.4 is 9.62 Å². The van der Waals surface area contributed by atoms with Gasteiger partial charge in [-0.05, 0) is 25.2 Å². The van der Waals surface area contributed by atoms with Crippen molar-refractivity contribution in [2.75, 3.05) is 28.5 Å². The van der Waals surface area contributed by atoms with E-state index in [-0.39, 0.29) is 5.75 Å². The van der Waals surface area contributed by atoms with E-state index in [4.69, 9.17) is 0 Å². The maximum absolute atomic E-state index is 11.6. The third-order valence-electron chi connectivity index (χ3n) is 3.45. The van der Waals surface area contributed by atoms with E-state index in [1.54, 1.807) is 0 Å². The van der Waals surface area contributed by atoms with Crippen LogP contribution in [0.3, 0.4) is 0 Å². The van der Waals surface area contributed by atoms with Gasteiger partial charge in [-0.25, -0.2) is 18.4 Å². The molecule has 0 saturated carbocycles. The molecule has 20 heavy (non-hydrogen) atoms. The number of piperidine rings is 1. The highest BCUT2D eigenvalue weighted by molar-refractivity contribution is 7.92. The van der Waals surface area contributed by atoms with Crippen LogP contribution in [0.2, 0.25) is 0 Å². The zero-order valence-electron chi connectivity index (χ0n) is 12.0. The Morgan fingerprint density at radius 2 is 1.90 bits per heavy atom. The fraction of sp³-hybridized carbons (Fsp3) is 0.692. The largest absolute Gasteiger partial charge is 0.341 e. The zero-order chi connectivity index (χ0) is 14.6. The van der Waals surface area contributed by atoms with Crippen LogP contribution in [0.4, 0.5) is 11.6 Å². The molecular formula is C13H22N4O2S. The van der Waals surface area contributed by atoms with E-state index in [2.05, 4.69) is 26.5 Å². The molecule has 0 spiro atoms. The predicted molar refractivity (Wildman–Crippen MR) is 80.3 cm³/mol. The molecule has 1 aliphatic heterocycles. The average molecular weight is 298 g/mol. The second-order valence-corrected chi connectivity index (χ2v) is 7.20. The highest BCUT2D eigenvalue weighted by Gasteiger charge is 2.18. The fourth-order valence-electron chi connectivity index (χ4n) is 2.25. The number of hydrogen-bond acceptors (Lipinski definition) is 5. The molecule has 112 valence electrons. The van der Waals surface area contributed by atoms with E-state index < -0.39 is 10.0 Å². The zero-order valence-corrected chi connectivity index (χ0v) is 12.9. The molecule has 1 fully saturated rings. The Kier molecular flexibility index (Phi) is 4.80. The van der Waals surface area contributed by atoms with Gasteiger partial charge in [-0.1, -0.05) is 13.8 Å². The van der Waals surface area contributed by atoms with E-state index in [1.807, 2.05) is 6.92 Å². The van der Waals surface area contributed by atoms with E-state index in [9.17, 15) is 8.42 Å². The molecular weight excluding hydrogens is 276 g/mol. The summed E-state index contributed by atoms with van der Waals surface area (Å²) in [4.78, 5) is 10.7. The summed E-state index contributed by atoms with van der Waals surface area (Å²) in [5.41, 5.74) is 0.424. The molecule has 0 radical (unpaired) electrons. The Morgan fingerprint density at radius 3 is 2.45 bits per heavy atom. The van der Waals surface area contributed by atoms with Crippen molar-refractivity contribution < 1.29 is 8.42 Å². The summed E-state index contributed by atoms with van der Waals surface area (Å²) in [6.45, 7) is 6.00. The molecule has 0 atom stereocenters. The maximum atomic E-state index is 11.6. The monoisotopic (exact) mass is 298 g/mol. The van der Waals surface area contributed by atoms with E-state index in [1.165, 1.54) is 12.4 Å². The predicted octanol–water partition coefficient (Wildman–Crippen LogP) is 1.86. The minimum atomic E-state index is -3.27. The highest BCUT2D eigenvalue weighted by Crippen LogP contribution is 2.20. The summed E-state index contributed by atoms with van der Waals surface area (Å²) in [6, 6.07) is 0. The van der Waals surface area contributed by atoms with Gasteiger partial charge in [0, 0.05) is 13.1 Å². The van der Waals surface area contributed by atoms with Crippen LogP contribution in [0.5, 0.6) is 0 Å². The van der Waals surface area contributed by atoms with Gasteiger partial charge in [-0.2, -0.15) is 0 Å². The van der Waals surface area contributed by atoms with Crippen molar-refractivity contribution in [2.45, 2.75) is 33.1 Å². The van der Waals surface area contributed by atoms with Crippen molar-refractivity contribution in [3.8, 4) is 0 Å². The van der Waals surface area contributed by atoms with Crippen molar-refractivity contribution >= 4 is 21.7 Å². The lowest BCUT2D eigenvalue weighted by molar-refractivity contribution is 0.434. The van der Waals surface area contributed by atoms with Crippen LogP contribution in [-0.4, -0.2) is 37.2 Å². The van der Waals surface area contributed by atoms with Crippen molar-refractivity contribution in [3.63, 3.8) is 0 Å². The maximum Gasteiger partial charge on any atom is 0.232 e. The summed E-state index contributed by atoms with van der Waals surface area (Å²) < 4.78 is 25.8. The summed E-state index contributed by atoms with van der Waals surface area (Å²) in [7, 11) is -3.27. The summed E-state index contributed by atoms with van der Waals surface area (Å²) >= 11 is 0. The molecule has 0 amide bonds. The van der Waals surface area contributed by atoms with Crippen LogP contribution in [0.25, 0.3) is 0 Å². The van der Waals surface area contributed by atoms with Crippen LogP contribution in [0.15, 0.2) is 12.4 Å². The van der Waals surface area contributed by atoms with Crippen molar-refractivity contribution in [3.05, 3.63) is 12.4 Å². The Hall–Kier alpha value is -1.37. The first-order chi connectivity index (χ1) is 9.50. The van der Waals surface area contributed by atoms with Gasteiger partial charge < -0.3 is 4.90 Å². The summed E-state index contributed by atoms with van der Waals surface area (Å²) in [5, 5.41) is 0. The molecule has 0 aliphatic carbocycles. The lowest BCUT2D eigenvalue weighted by Crippen LogP contribution is -2.34. The average Bonchev–Trinajstić information content (AvgIpc) is 2.40. The van der Waals surface area contributed by atoms with Gasteiger partial charge in [0.1, 0.15) is 0 Å². The number of anilines is 2. The molecule has 2 rings (SSSR count). The number of rotatable bonds is 5. The first kappa shape index (κ1) is 15.0. The molecule has 6 nitrogen and oxygen atoms in total. The van der Waals surface area contributed by atoms with Crippen LogP contribution >= 0.6 is 0 Å². The van der Waals surface area contributed by atoms with Gasteiger partial charge in [0.2, 0.25) is 16.0 Å². The SMILES string of the molecule is CCCS(=O)(=O)Nc1cnc(N2CCC(C)CC2)nc1. The van der Waals surface area contributed by atoms with Gasteiger partial charge >= 0.3 is 0 Å². The molecule has 2 heterocycles. The topological polar surface area (TPSA) is 75.2 Å². The number of nitrogens with one attached hydrogen (secondary N) is 1. The molecule has 1 aromatic heterocycles. The van der Waals surface area contributed by atoms with Gasteiger partial charge in [0.05, 0.1) is 23.8 Å². The third-order valence-corrected chi connectivity index (χ3v) is 4.94. The molecule has 0 aromatic carbocycles. The molecule has 0 bridgehead atoms. The van der Waals surface area contributed by atoms with Crippen molar-refractivity contribution in [1.82, 2.24) is 9.97 Å². The minimum absolute atomic E-state index is 0.110. The van der Waals surface area contributed by atoms with Crippen molar-refractivity contribution in [2.24, 2.45) is 5.92 Å². The number of sulfonamides is 1. The standard InChI is InChI=1S/C13H22N4O2S/c1-3-8-20(18,19)16-12-9-14-13(15-10-12)17-6-4-11(2)5-7-17/h9-11,16H,3-8H2,1-2H3. The Bertz CT molecular complexity index is 522. The normalized spacial score (nSPS) is 17.2.